The topological polar surface area (TPSA) is 135 Å². The van der Waals surface area contributed by atoms with Crippen molar-refractivity contribution in [1.29, 1.82) is 0 Å². The summed E-state index contributed by atoms with van der Waals surface area (Å²) in [6.07, 6.45) is -4.82. The predicted octanol–water partition coefficient (Wildman–Crippen LogP) is -2.55. The van der Waals surface area contributed by atoms with Crippen molar-refractivity contribution in [1.82, 2.24) is 0 Å². The molecule has 0 amide bonds. The molecule has 0 aromatic carbocycles. The van der Waals surface area contributed by atoms with Gasteiger partial charge >= 0.3 is 7.60 Å². The monoisotopic (exact) mass is 214 g/mol. The number of rotatable bonds is 5. The lowest BCUT2D eigenvalue weighted by Gasteiger charge is -2.14. The molecule has 13 heavy (non-hydrogen) atoms. The second-order valence-corrected chi connectivity index (χ2v) is 4.13. The van der Waals surface area contributed by atoms with Crippen LogP contribution in [0.2, 0.25) is 0 Å². The smallest absolute Gasteiger partial charge is 0.333 e. The fraction of sp³-hybridized carbons (Fsp3) is 0.800. The van der Waals surface area contributed by atoms with E-state index in [0.717, 1.165) is 0 Å². The molecule has 2 atom stereocenters. The lowest BCUT2D eigenvalue weighted by Crippen LogP contribution is -2.37. The minimum atomic E-state index is -4.53. The Morgan fingerprint density at radius 3 is 2.08 bits per heavy atom. The number of hydrogen-bond acceptors (Lipinski definition) is 5. The highest BCUT2D eigenvalue weighted by Gasteiger charge is 2.29. The summed E-state index contributed by atoms with van der Waals surface area (Å²) < 4.78 is 10.3. The minimum absolute atomic E-state index is 0.853. The SMILES string of the molecule is O=C(CP(=O)(O)O)C(O)C(O)CO. The first-order valence-corrected chi connectivity index (χ1v) is 5.12. The van der Waals surface area contributed by atoms with Crippen LogP contribution in [0.15, 0.2) is 0 Å². The molecule has 0 aromatic heterocycles. The molecule has 0 aliphatic carbocycles. The number of carbonyl (C=O) groups is 1. The number of aliphatic hydroxyl groups excluding tert-OH is 3. The summed E-state index contributed by atoms with van der Waals surface area (Å²) in [7, 11) is -4.53. The molecule has 0 heterocycles. The maximum absolute atomic E-state index is 10.7. The van der Waals surface area contributed by atoms with Crippen LogP contribution in [0.25, 0.3) is 0 Å². The molecule has 0 rings (SSSR count). The molecule has 0 spiro atoms. The predicted molar refractivity (Wildman–Crippen MR) is 41.0 cm³/mol. The maximum Gasteiger partial charge on any atom is 0.333 e. The third-order valence-corrected chi connectivity index (χ3v) is 1.97. The standard InChI is InChI=1S/C5H11O7P/c6-1-3(7)5(9)4(8)2-13(10,11)12/h3,5-7,9H,1-2H2,(H2,10,11,12). The molecule has 0 saturated carbocycles. The van der Waals surface area contributed by atoms with Gasteiger partial charge in [0.2, 0.25) is 0 Å². The number of aliphatic hydroxyl groups is 3. The molecule has 0 radical (unpaired) electrons. The first-order valence-electron chi connectivity index (χ1n) is 3.32. The summed E-state index contributed by atoms with van der Waals surface area (Å²) in [6.45, 7) is -0.853. The van der Waals surface area contributed by atoms with Crippen molar-refractivity contribution >= 4 is 13.4 Å². The summed E-state index contributed by atoms with van der Waals surface area (Å²) in [6, 6.07) is 0. The van der Waals surface area contributed by atoms with Gasteiger partial charge in [-0.15, -0.1) is 0 Å². The lowest BCUT2D eigenvalue weighted by atomic mass is 10.1. The van der Waals surface area contributed by atoms with Gasteiger partial charge in [-0.1, -0.05) is 0 Å². The highest BCUT2D eigenvalue weighted by molar-refractivity contribution is 7.52. The molecule has 0 aliphatic heterocycles. The van der Waals surface area contributed by atoms with Crippen LogP contribution in [0.3, 0.4) is 0 Å². The Balaban J connectivity index is 4.20. The molecule has 5 N–H and O–H groups in total. The Morgan fingerprint density at radius 2 is 1.77 bits per heavy atom. The van der Waals surface area contributed by atoms with E-state index in [1.165, 1.54) is 0 Å². The van der Waals surface area contributed by atoms with E-state index in [9.17, 15) is 9.36 Å². The largest absolute Gasteiger partial charge is 0.394 e. The molecule has 0 aromatic rings. The van der Waals surface area contributed by atoms with E-state index in [1.54, 1.807) is 0 Å². The van der Waals surface area contributed by atoms with Crippen molar-refractivity contribution in [3.05, 3.63) is 0 Å². The highest BCUT2D eigenvalue weighted by Crippen LogP contribution is 2.34. The van der Waals surface area contributed by atoms with Gasteiger partial charge in [-0.05, 0) is 0 Å². The Labute approximate surface area is 73.8 Å². The molecule has 8 heteroatoms. The Morgan fingerprint density at radius 1 is 1.31 bits per heavy atom. The third kappa shape index (κ3) is 5.09. The summed E-state index contributed by atoms with van der Waals surface area (Å²) >= 11 is 0. The molecular formula is C5H11O7P. The first kappa shape index (κ1) is 12.7. The van der Waals surface area contributed by atoms with Crippen molar-refractivity contribution in [3.8, 4) is 0 Å². The number of carbonyl (C=O) groups excluding carboxylic acids is 1. The average Bonchev–Trinajstić information content (AvgIpc) is 1.98. The molecule has 0 fully saturated rings. The van der Waals surface area contributed by atoms with Gasteiger partial charge in [0.1, 0.15) is 18.4 Å². The summed E-state index contributed by atoms with van der Waals surface area (Å²) in [5, 5.41) is 25.9. The molecule has 0 bridgehead atoms. The summed E-state index contributed by atoms with van der Waals surface area (Å²) in [4.78, 5) is 27.4. The molecule has 2 unspecified atom stereocenters. The summed E-state index contributed by atoms with van der Waals surface area (Å²) in [5.74, 6) is -1.20. The van der Waals surface area contributed by atoms with Crippen molar-refractivity contribution in [2.45, 2.75) is 12.2 Å². The number of Topliss-reactive ketones (excluding diaryl/α,β-unsaturated/α-hetero) is 1. The Kier molecular flexibility index (Phi) is 4.69. The fourth-order valence-corrected chi connectivity index (χ4v) is 1.20. The lowest BCUT2D eigenvalue weighted by molar-refractivity contribution is -0.132. The van der Waals surface area contributed by atoms with Crippen LogP contribution in [-0.2, 0) is 9.36 Å². The van der Waals surface area contributed by atoms with E-state index in [4.69, 9.17) is 25.1 Å². The van der Waals surface area contributed by atoms with Crippen LogP contribution in [0.5, 0.6) is 0 Å². The van der Waals surface area contributed by atoms with E-state index >= 15 is 0 Å². The minimum Gasteiger partial charge on any atom is -0.394 e. The van der Waals surface area contributed by atoms with Crippen molar-refractivity contribution in [2.24, 2.45) is 0 Å². The zero-order valence-corrected chi connectivity index (χ0v) is 7.46. The van der Waals surface area contributed by atoms with Crippen molar-refractivity contribution in [3.63, 3.8) is 0 Å². The van der Waals surface area contributed by atoms with Gasteiger partial charge in [-0.2, -0.15) is 0 Å². The molecule has 0 aliphatic rings. The van der Waals surface area contributed by atoms with E-state index in [2.05, 4.69) is 0 Å². The van der Waals surface area contributed by atoms with Gasteiger partial charge in [0, 0.05) is 0 Å². The highest BCUT2D eigenvalue weighted by atomic mass is 31.2. The van der Waals surface area contributed by atoms with Crippen LogP contribution in [0.1, 0.15) is 0 Å². The zero-order chi connectivity index (χ0) is 10.6. The normalized spacial score (nSPS) is 16.7. The van der Waals surface area contributed by atoms with Crippen LogP contribution in [-0.4, -0.2) is 55.9 Å². The number of hydrogen-bond donors (Lipinski definition) is 5. The molecule has 7 nitrogen and oxygen atoms in total. The van der Waals surface area contributed by atoms with Gasteiger partial charge in [-0.3, -0.25) is 9.36 Å². The van der Waals surface area contributed by atoms with Crippen molar-refractivity contribution in [2.75, 3.05) is 12.8 Å². The van der Waals surface area contributed by atoms with Crippen LogP contribution in [0, 0.1) is 0 Å². The molecular weight excluding hydrogens is 203 g/mol. The van der Waals surface area contributed by atoms with Gasteiger partial charge in [0.25, 0.3) is 0 Å². The van der Waals surface area contributed by atoms with E-state index < -0.39 is 38.4 Å². The zero-order valence-electron chi connectivity index (χ0n) is 6.57. The first-order chi connectivity index (χ1) is 5.78. The van der Waals surface area contributed by atoms with Gasteiger partial charge in [0.15, 0.2) is 5.78 Å². The summed E-state index contributed by atoms with van der Waals surface area (Å²) in [5.41, 5.74) is 0. The Bertz CT molecular complexity index is 221. The van der Waals surface area contributed by atoms with Crippen molar-refractivity contribution < 1.29 is 34.5 Å². The molecule has 78 valence electrons. The van der Waals surface area contributed by atoms with Crippen LogP contribution in [0.4, 0.5) is 0 Å². The third-order valence-electron chi connectivity index (χ3n) is 1.24. The van der Waals surface area contributed by atoms with Gasteiger partial charge in [0.05, 0.1) is 6.61 Å². The quantitative estimate of drug-likeness (QED) is 0.318. The van der Waals surface area contributed by atoms with Gasteiger partial charge in [-0.25, -0.2) is 0 Å². The van der Waals surface area contributed by atoms with Gasteiger partial charge < -0.3 is 25.1 Å². The molecule has 0 saturated heterocycles. The number of ketones is 1. The second-order valence-electron chi connectivity index (χ2n) is 2.48. The maximum atomic E-state index is 10.7. The van der Waals surface area contributed by atoms with E-state index in [0.29, 0.717) is 0 Å². The van der Waals surface area contributed by atoms with Crippen LogP contribution >= 0.6 is 7.60 Å². The second kappa shape index (κ2) is 4.80. The Hall–Kier alpha value is -0.300. The average molecular weight is 214 g/mol. The van der Waals surface area contributed by atoms with E-state index in [1.807, 2.05) is 0 Å². The van der Waals surface area contributed by atoms with Crippen LogP contribution < -0.4 is 0 Å². The van der Waals surface area contributed by atoms with E-state index in [-0.39, 0.29) is 0 Å². The fourth-order valence-electron chi connectivity index (χ4n) is 0.611.